The molecule has 20 heavy (non-hydrogen) atoms. The number of rotatable bonds is 4. The van der Waals surface area contributed by atoms with E-state index >= 15 is 0 Å². The third-order valence-corrected chi connectivity index (χ3v) is 3.79. The molecule has 4 nitrogen and oxygen atoms in total. The second kappa shape index (κ2) is 5.65. The van der Waals surface area contributed by atoms with Crippen molar-refractivity contribution in [3.05, 3.63) is 29.2 Å². The Kier molecular flexibility index (Phi) is 3.72. The molecular formula is C16H21N3O. The van der Waals surface area contributed by atoms with Gasteiger partial charge in [0.05, 0.1) is 6.26 Å². The molecule has 0 aliphatic heterocycles. The van der Waals surface area contributed by atoms with Crippen LogP contribution in [0.1, 0.15) is 43.0 Å². The first kappa shape index (κ1) is 13.2. The molecule has 0 atom stereocenters. The molecule has 0 aromatic carbocycles. The van der Waals surface area contributed by atoms with Crippen LogP contribution in [-0.2, 0) is 12.8 Å². The van der Waals surface area contributed by atoms with Crippen LogP contribution < -0.4 is 5.32 Å². The van der Waals surface area contributed by atoms with E-state index in [9.17, 15) is 0 Å². The number of aromatic nitrogens is 2. The molecule has 0 saturated heterocycles. The van der Waals surface area contributed by atoms with Gasteiger partial charge in [0.25, 0.3) is 0 Å². The number of anilines is 1. The molecule has 0 fully saturated rings. The van der Waals surface area contributed by atoms with Crippen molar-refractivity contribution in [2.45, 2.75) is 46.0 Å². The molecule has 106 valence electrons. The lowest BCUT2D eigenvalue weighted by molar-refractivity contribution is 0.573. The molecule has 0 unspecified atom stereocenters. The van der Waals surface area contributed by atoms with Crippen LogP contribution in [0.25, 0.3) is 11.6 Å². The zero-order valence-electron chi connectivity index (χ0n) is 12.2. The summed E-state index contributed by atoms with van der Waals surface area (Å²) in [7, 11) is 0. The normalized spacial score (nSPS) is 14.1. The number of hydrogen-bond donors (Lipinski definition) is 1. The highest BCUT2D eigenvalue weighted by Gasteiger charge is 2.20. The average molecular weight is 271 g/mol. The van der Waals surface area contributed by atoms with Gasteiger partial charge < -0.3 is 9.73 Å². The minimum Gasteiger partial charge on any atom is -0.461 e. The van der Waals surface area contributed by atoms with Crippen LogP contribution in [0.4, 0.5) is 5.82 Å². The zero-order chi connectivity index (χ0) is 13.9. The maximum Gasteiger partial charge on any atom is 0.198 e. The fraction of sp³-hybridized carbons (Fsp3) is 0.500. The largest absolute Gasteiger partial charge is 0.461 e. The Morgan fingerprint density at radius 1 is 1.25 bits per heavy atom. The molecule has 2 aromatic rings. The van der Waals surface area contributed by atoms with Crippen molar-refractivity contribution >= 4 is 5.82 Å². The van der Waals surface area contributed by atoms with Crippen molar-refractivity contribution in [2.24, 2.45) is 0 Å². The number of hydrogen-bond acceptors (Lipinski definition) is 4. The summed E-state index contributed by atoms with van der Waals surface area (Å²) in [5.74, 6) is 2.51. The van der Waals surface area contributed by atoms with Gasteiger partial charge in [0.2, 0.25) is 0 Å². The van der Waals surface area contributed by atoms with Gasteiger partial charge >= 0.3 is 0 Å². The Labute approximate surface area is 119 Å². The van der Waals surface area contributed by atoms with Gasteiger partial charge in [0.1, 0.15) is 5.82 Å². The van der Waals surface area contributed by atoms with Gasteiger partial charge in [-0.1, -0.05) is 6.92 Å². The van der Waals surface area contributed by atoms with Crippen molar-refractivity contribution in [1.29, 1.82) is 0 Å². The van der Waals surface area contributed by atoms with E-state index in [1.165, 1.54) is 24.1 Å². The molecule has 0 bridgehead atoms. The lowest BCUT2D eigenvalue weighted by Crippen LogP contribution is -2.14. The van der Waals surface area contributed by atoms with E-state index in [2.05, 4.69) is 12.2 Å². The van der Waals surface area contributed by atoms with Gasteiger partial charge in [0.15, 0.2) is 11.6 Å². The highest BCUT2D eigenvalue weighted by molar-refractivity contribution is 5.58. The van der Waals surface area contributed by atoms with E-state index in [1.54, 1.807) is 6.26 Å². The van der Waals surface area contributed by atoms with Gasteiger partial charge in [-0.3, -0.25) is 0 Å². The van der Waals surface area contributed by atoms with Gasteiger partial charge in [-0.25, -0.2) is 9.97 Å². The molecular weight excluding hydrogens is 250 g/mol. The molecule has 0 spiro atoms. The topological polar surface area (TPSA) is 51.0 Å². The fourth-order valence-electron chi connectivity index (χ4n) is 2.69. The van der Waals surface area contributed by atoms with Crippen LogP contribution in [0, 0.1) is 6.92 Å². The molecule has 3 rings (SSSR count). The molecule has 2 heterocycles. The van der Waals surface area contributed by atoms with E-state index in [-0.39, 0.29) is 0 Å². The number of furan rings is 1. The smallest absolute Gasteiger partial charge is 0.198 e. The van der Waals surface area contributed by atoms with E-state index < -0.39 is 0 Å². The summed E-state index contributed by atoms with van der Waals surface area (Å²) in [5.41, 5.74) is 3.58. The average Bonchev–Trinajstić information content (AvgIpc) is 2.90. The first-order valence-electron chi connectivity index (χ1n) is 7.47. The standard InChI is InChI=1S/C16H21N3O/c1-3-9-17-15-12-6-4-5-7-13(12)18-16(19-15)14-11(2)8-10-20-14/h8,10H,3-7,9H2,1-2H3,(H,17,18,19). The number of nitrogens with one attached hydrogen (secondary N) is 1. The summed E-state index contributed by atoms with van der Waals surface area (Å²) < 4.78 is 5.55. The van der Waals surface area contributed by atoms with Gasteiger partial charge in [-0.2, -0.15) is 0 Å². The molecule has 1 N–H and O–H groups in total. The Balaban J connectivity index is 2.05. The lowest BCUT2D eigenvalue weighted by Gasteiger charge is -2.19. The molecule has 4 heteroatoms. The predicted octanol–water partition coefficient (Wildman–Crippen LogP) is 3.75. The summed E-state index contributed by atoms with van der Waals surface area (Å²) >= 11 is 0. The van der Waals surface area contributed by atoms with E-state index in [1.807, 2.05) is 13.0 Å². The second-order valence-corrected chi connectivity index (χ2v) is 5.39. The third kappa shape index (κ3) is 2.42. The first-order chi connectivity index (χ1) is 9.79. The monoisotopic (exact) mass is 271 g/mol. The molecule has 1 aliphatic rings. The SMILES string of the molecule is CCCNc1nc(-c2occc2C)nc2c1CCCC2. The maximum absolute atomic E-state index is 5.55. The van der Waals surface area contributed by atoms with Crippen molar-refractivity contribution in [3.8, 4) is 11.6 Å². The molecule has 2 aromatic heterocycles. The van der Waals surface area contributed by atoms with Crippen LogP contribution in [0.15, 0.2) is 16.7 Å². The summed E-state index contributed by atoms with van der Waals surface area (Å²) in [4.78, 5) is 9.45. The number of aryl methyl sites for hydroxylation is 2. The molecule has 0 radical (unpaired) electrons. The number of fused-ring (bicyclic) bond motifs is 1. The first-order valence-corrected chi connectivity index (χ1v) is 7.47. The van der Waals surface area contributed by atoms with E-state index in [0.717, 1.165) is 42.9 Å². The second-order valence-electron chi connectivity index (χ2n) is 5.39. The van der Waals surface area contributed by atoms with Gasteiger partial charge in [0, 0.05) is 17.8 Å². The summed E-state index contributed by atoms with van der Waals surface area (Å²) in [6.07, 6.45) is 7.37. The van der Waals surface area contributed by atoms with Crippen LogP contribution in [-0.4, -0.2) is 16.5 Å². The molecule has 0 saturated carbocycles. The Bertz CT molecular complexity index is 604. The summed E-state index contributed by atoms with van der Waals surface area (Å²) in [6, 6.07) is 1.96. The van der Waals surface area contributed by atoms with Crippen molar-refractivity contribution in [2.75, 3.05) is 11.9 Å². The van der Waals surface area contributed by atoms with Crippen molar-refractivity contribution < 1.29 is 4.42 Å². The van der Waals surface area contributed by atoms with Crippen molar-refractivity contribution in [3.63, 3.8) is 0 Å². The zero-order valence-corrected chi connectivity index (χ0v) is 12.2. The highest BCUT2D eigenvalue weighted by atomic mass is 16.3. The fourth-order valence-corrected chi connectivity index (χ4v) is 2.69. The van der Waals surface area contributed by atoms with E-state index in [4.69, 9.17) is 14.4 Å². The minimum absolute atomic E-state index is 0.715. The van der Waals surface area contributed by atoms with Gasteiger partial charge in [-0.05, 0) is 50.7 Å². The van der Waals surface area contributed by atoms with E-state index in [0.29, 0.717) is 5.82 Å². The predicted molar refractivity (Wildman–Crippen MR) is 79.9 cm³/mol. The third-order valence-electron chi connectivity index (χ3n) is 3.79. The minimum atomic E-state index is 0.715. The number of nitrogens with zero attached hydrogens (tertiary/aromatic N) is 2. The Morgan fingerprint density at radius 3 is 2.85 bits per heavy atom. The van der Waals surface area contributed by atoms with Gasteiger partial charge in [-0.15, -0.1) is 0 Å². The van der Waals surface area contributed by atoms with Crippen LogP contribution >= 0.6 is 0 Å². The molecule has 0 amide bonds. The van der Waals surface area contributed by atoms with Crippen molar-refractivity contribution in [1.82, 2.24) is 9.97 Å². The maximum atomic E-state index is 5.55. The van der Waals surface area contributed by atoms with Crippen LogP contribution in [0.2, 0.25) is 0 Å². The quantitative estimate of drug-likeness (QED) is 0.920. The Hall–Kier alpha value is -1.84. The molecule has 1 aliphatic carbocycles. The lowest BCUT2D eigenvalue weighted by atomic mass is 9.96. The summed E-state index contributed by atoms with van der Waals surface area (Å²) in [6.45, 7) is 5.14. The Morgan fingerprint density at radius 2 is 2.10 bits per heavy atom. The highest BCUT2D eigenvalue weighted by Crippen LogP contribution is 2.29. The van der Waals surface area contributed by atoms with Crippen LogP contribution in [0.5, 0.6) is 0 Å². The van der Waals surface area contributed by atoms with Crippen LogP contribution in [0.3, 0.4) is 0 Å². The summed E-state index contributed by atoms with van der Waals surface area (Å²) in [5, 5.41) is 3.45.